The molecule has 1 N–H and O–H groups in total. The highest BCUT2D eigenvalue weighted by Crippen LogP contribution is 2.22. The Balaban J connectivity index is 2.07. The van der Waals surface area contributed by atoms with Crippen molar-refractivity contribution in [2.75, 3.05) is 0 Å². The second kappa shape index (κ2) is 5.75. The van der Waals surface area contributed by atoms with Crippen LogP contribution in [0.25, 0.3) is 0 Å². The molecule has 0 bridgehead atoms. The Kier molecular flexibility index (Phi) is 4.06. The smallest absolute Gasteiger partial charge is 0.337 e. The molecule has 5 nitrogen and oxygen atoms in total. The summed E-state index contributed by atoms with van der Waals surface area (Å²) in [6, 6.07) is 4.56. The van der Waals surface area contributed by atoms with Gasteiger partial charge in [-0.3, -0.25) is 4.68 Å². The van der Waals surface area contributed by atoms with Crippen LogP contribution in [-0.4, -0.2) is 20.9 Å². The Labute approximate surface area is 115 Å². The summed E-state index contributed by atoms with van der Waals surface area (Å²) in [6.07, 6.45) is 3.60. The number of ether oxygens (including phenoxy) is 1. The molecule has 2 rings (SSSR count). The summed E-state index contributed by atoms with van der Waals surface area (Å²) < 4.78 is 7.32. The summed E-state index contributed by atoms with van der Waals surface area (Å²) in [5, 5.41) is 13.3. The number of benzene rings is 1. The van der Waals surface area contributed by atoms with Gasteiger partial charge in [-0.2, -0.15) is 5.10 Å². The van der Waals surface area contributed by atoms with Gasteiger partial charge < -0.3 is 9.84 Å². The van der Waals surface area contributed by atoms with Crippen LogP contribution in [0, 0.1) is 0 Å². The Morgan fingerprint density at radius 2 is 2.32 bits per heavy atom. The monoisotopic (exact) mass is 280 g/mol. The fourth-order valence-corrected chi connectivity index (χ4v) is 1.78. The van der Waals surface area contributed by atoms with Gasteiger partial charge in [0, 0.05) is 18.3 Å². The lowest BCUT2D eigenvalue weighted by atomic mass is 10.2. The van der Waals surface area contributed by atoms with Gasteiger partial charge >= 0.3 is 5.97 Å². The number of hydrogen-bond acceptors (Lipinski definition) is 3. The van der Waals surface area contributed by atoms with Gasteiger partial charge in [0.15, 0.2) is 0 Å². The van der Waals surface area contributed by atoms with Crippen LogP contribution in [0.3, 0.4) is 0 Å². The van der Waals surface area contributed by atoms with Gasteiger partial charge in [-0.25, -0.2) is 4.79 Å². The SMILES string of the molecule is CCn1cc(COc2ccc(Cl)c(C(=O)O)c2)cn1. The second-order valence-electron chi connectivity index (χ2n) is 3.94. The molecule has 0 atom stereocenters. The van der Waals surface area contributed by atoms with E-state index in [1.165, 1.54) is 12.1 Å². The third kappa shape index (κ3) is 3.26. The van der Waals surface area contributed by atoms with Gasteiger partial charge in [-0.05, 0) is 25.1 Å². The molecular weight excluding hydrogens is 268 g/mol. The molecule has 0 fully saturated rings. The van der Waals surface area contributed by atoms with Crippen LogP contribution in [0.15, 0.2) is 30.6 Å². The average Bonchev–Trinajstić information content (AvgIpc) is 2.85. The first kappa shape index (κ1) is 13.4. The molecule has 0 spiro atoms. The van der Waals surface area contributed by atoms with E-state index in [0.717, 1.165) is 12.1 Å². The van der Waals surface area contributed by atoms with Crippen molar-refractivity contribution in [3.05, 3.63) is 46.7 Å². The molecule has 0 aliphatic heterocycles. The van der Waals surface area contributed by atoms with E-state index in [-0.39, 0.29) is 10.6 Å². The summed E-state index contributed by atoms with van der Waals surface area (Å²) >= 11 is 5.78. The topological polar surface area (TPSA) is 64.3 Å². The van der Waals surface area contributed by atoms with E-state index in [1.807, 2.05) is 13.1 Å². The van der Waals surface area contributed by atoms with Gasteiger partial charge in [0.1, 0.15) is 12.4 Å². The van der Waals surface area contributed by atoms with Gasteiger partial charge in [0.2, 0.25) is 0 Å². The highest BCUT2D eigenvalue weighted by atomic mass is 35.5. The van der Waals surface area contributed by atoms with Crippen molar-refractivity contribution in [1.82, 2.24) is 9.78 Å². The summed E-state index contributed by atoms with van der Waals surface area (Å²) in [6.45, 7) is 3.13. The van der Waals surface area contributed by atoms with Crippen LogP contribution in [-0.2, 0) is 13.2 Å². The predicted molar refractivity (Wildman–Crippen MR) is 70.6 cm³/mol. The number of carboxylic acids is 1. The number of hydrogen-bond donors (Lipinski definition) is 1. The van der Waals surface area contributed by atoms with Crippen molar-refractivity contribution in [2.45, 2.75) is 20.1 Å². The zero-order valence-corrected chi connectivity index (χ0v) is 11.1. The van der Waals surface area contributed by atoms with E-state index >= 15 is 0 Å². The summed E-state index contributed by atoms with van der Waals surface area (Å²) in [4.78, 5) is 10.9. The maximum absolute atomic E-state index is 10.9. The van der Waals surface area contributed by atoms with Crippen LogP contribution in [0.1, 0.15) is 22.8 Å². The van der Waals surface area contributed by atoms with E-state index in [1.54, 1.807) is 16.9 Å². The van der Waals surface area contributed by atoms with Crippen molar-refractivity contribution >= 4 is 17.6 Å². The van der Waals surface area contributed by atoms with Crippen LogP contribution < -0.4 is 4.74 Å². The summed E-state index contributed by atoms with van der Waals surface area (Å²) in [5.74, 6) is -0.611. The third-order valence-electron chi connectivity index (χ3n) is 2.58. The Morgan fingerprint density at radius 1 is 1.53 bits per heavy atom. The van der Waals surface area contributed by atoms with Gasteiger partial charge in [-0.15, -0.1) is 0 Å². The van der Waals surface area contributed by atoms with Crippen molar-refractivity contribution < 1.29 is 14.6 Å². The number of carboxylic acid groups (broad SMARTS) is 1. The number of rotatable bonds is 5. The second-order valence-corrected chi connectivity index (χ2v) is 4.35. The minimum Gasteiger partial charge on any atom is -0.489 e. The quantitative estimate of drug-likeness (QED) is 0.915. The molecule has 100 valence electrons. The Hall–Kier alpha value is -2.01. The Morgan fingerprint density at radius 3 is 2.95 bits per heavy atom. The van der Waals surface area contributed by atoms with Crippen molar-refractivity contribution in [1.29, 1.82) is 0 Å². The largest absolute Gasteiger partial charge is 0.489 e. The maximum Gasteiger partial charge on any atom is 0.337 e. The van der Waals surface area contributed by atoms with E-state index in [4.69, 9.17) is 21.4 Å². The van der Waals surface area contributed by atoms with Crippen molar-refractivity contribution in [2.24, 2.45) is 0 Å². The molecule has 1 aromatic carbocycles. The normalized spacial score (nSPS) is 10.4. The fraction of sp³-hybridized carbons (Fsp3) is 0.231. The molecule has 6 heteroatoms. The number of carbonyl (C=O) groups is 1. The first-order chi connectivity index (χ1) is 9.10. The molecular formula is C13H13ClN2O3. The van der Waals surface area contributed by atoms with Gasteiger partial charge in [0.25, 0.3) is 0 Å². The van der Waals surface area contributed by atoms with E-state index in [0.29, 0.717) is 12.4 Å². The molecule has 0 unspecified atom stereocenters. The lowest BCUT2D eigenvalue weighted by Gasteiger charge is -2.06. The van der Waals surface area contributed by atoms with Crippen LogP contribution in [0.4, 0.5) is 0 Å². The molecule has 0 amide bonds. The average molecular weight is 281 g/mol. The van der Waals surface area contributed by atoms with Crippen molar-refractivity contribution in [3.8, 4) is 5.75 Å². The molecule has 0 aliphatic rings. The fourth-order valence-electron chi connectivity index (χ4n) is 1.58. The highest BCUT2D eigenvalue weighted by molar-refractivity contribution is 6.33. The number of aromatic nitrogens is 2. The standard InChI is InChI=1S/C13H13ClN2O3/c1-2-16-7-9(6-15-16)8-19-10-3-4-12(14)11(5-10)13(17)18/h3-7H,2,8H2,1H3,(H,17,18). The van der Waals surface area contributed by atoms with Crippen LogP contribution in [0.2, 0.25) is 5.02 Å². The van der Waals surface area contributed by atoms with Gasteiger partial charge in [-0.1, -0.05) is 11.6 Å². The van der Waals surface area contributed by atoms with E-state index in [2.05, 4.69) is 5.10 Å². The minimum atomic E-state index is -1.07. The molecule has 2 aromatic rings. The predicted octanol–water partition coefficient (Wildman–Crippen LogP) is 2.83. The van der Waals surface area contributed by atoms with E-state index in [9.17, 15) is 4.79 Å². The highest BCUT2D eigenvalue weighted by Gasteiger charge is 2.10. The third-order valence-corrected chi connectivity index (χ3v) is 2.91. The minimum absolute atomic E-state index is 0.0309. The van der Waals surface area contributed by atoms with Crippen LogP contribution in [0.5, 0.6) is 5.75 Å². The molecule has 19 heavy (non-hydrogen) atoms. The first-order valence-electron chi connectivity index (χ1n) is 5.77. The van der Waals surface area contributed by atoms with Crippen LogP contribution >= 0.6 is 11.6 Å². The zero-order valence-electron chi connectivity index (χ0n) is 10.3. The first-order valence-corrected chi connectivity index (χ1v) is 6.15. The lowest BCUT2D eigenvalue weighted by molar-refractivity contribution is 0.0696. The van der Waals surface area contributed by atoms with Gasteiger partial charge in [0.05, 0.1) is 16.8 Å². The molecule has 1 aromatic heterocycles. The molecule has 0 aliphatic carbocycles. The number of nitrogens with zero attached hydrogens (tertiary/aromatic N) is 2. The van der Waals surface area contributed by atoms with Crippen molar-refractivity contribution in [3.63, 3.8) is 0 Å². The Bertz CT molecular complexity index is 595. The summed E-state index contributed by atoms with van der Waals surface area (Å²) in [7, 11) is 0. The summed E-state index contributed by atoms with van der Waals surface area (Å²) in [5.41, 5.74) is 0.956. The number of aryl methyl sites for hydroxylation is 1. The molecule has 1 heterocycles. The molecule has 0 saturated heterocycles. The molecule has 0 radical (unpaired) electrons. The maximum atomic E-state index is 10.9. The number of halogens is 1. The zero-order chi connectivity index (χ0) is 13.8. The molecule has 0 saturated carbocycles. The van der Waals surface area contributed by atoms with E-state index < -0.39 is 5.97 Å². The lowest BCUT2D eigenvalue weighted by Crippen LogP contribution is -2.00. The number of aromatic carboxylic acids is 1.